The molecule has 8 heteroatoms. The minimum absolute atomic E-state index is 0.0360. The van der Waals surface area contributed by atoms with Crippen molar-refractivity contribution in [3.8, 4) is 23.0 Å². The van der Waals surface area contributed by atoms with E-state index in [-0.39, 0.29) is 6.17 Å². The minimum Gasteiger partial charge on any atom is -0.497 e. The van der Waals surface area contributed by atoms with Gasteiger partial charge in [-0.2, -0.15) is 0 Å². The molecule has 0 amide bonds. The summed E-state index contributed by atoms with van der Waals surface area (Å²) in [6.07, 6.45) is 0.993. The highest BCUT2D eigenvalue weighted by molar-refractivity contribution is 6.31. The molecule has 38 heavy (non-hydrogen) atoms. The van der Waals surface area contributed by atoms with Crippen LogP contribution in [0.3, 0.4) is 0 Å². The molecule has 1 fully saturated rings. The van der Waals surface area contributed by atoms with Crippen LogP contribution in [0.4, 0.5) is 5.69 Å². The van der Waals surface area contributed by atoms with Crippen molar-refractivity contribution in [3.05, 3.63) is 76.3 Å². The molecule has 7 nitrogen and oxygen atoms in total. The van der Waals surface area contributed by atoms with Crippen LogP contribution in [0.5, 0.6) is 23.0 Å². The summed E-state index contributed by atoms with van der Waals surface area (Å²) in [4.78, 5) is 7.01. The number of anilines is 1. The van der Waals surface area contributed by atoms with Crippen molar-refractivity contribution in [2.75, 3.05) is 60.5 Å². The molecule has 0 spiro atoms. The van der Waals surface area contributed by atoms with Crippen molar-refractivity contribution in [1.29, 1.82) is 0 Å². The second-order valence-corrected chi connectivity index (χ2v) is 10.0. The molecule has 0 atom stereocenters. The fourth-order valence-electron chi connectivity index (χ4n) is 5.08. The van der Waals surface area contributed by atoms with Crippen LogP contribution in [0, 0.1) is 0 Å². The topological polar surface area (TPSA) is 46.6 Å². The van der Waals surface area contributed by atoms with Crippen LogP contribution in [0.15, 0.2) is 54.6 Å². The second kappa shape index (κ2) is 12.6. The van der Waals surface area contributed by atoms with Gasteiger partial charge in [0.05, 0.1) is 34.6 Å². The van der Waals surface area contributed by atoms with Gasteiger partial charge >= 0.3 is 0 Å². The fourth-order valence-corrected chi connectivity index (χ4v) is 5.36. The van der Waals surface area contributed by atoms with Gasteiger partial charge in [0.25, 0.3) is 0 Å². The number of methoxy groups -OCH3 is 4. The Balaban J connectivity index is 1.73. The molecule has 1 aliphatic heterocycles. The zero-order chi connectivity index (χ0) is 27.2. The Morgan fingerprint density at radius 2 is 1.26 bits per heavy atom. The SMILES string of the molecule is COc1ccc(CN2CCCN(Cc3ccc(OC)cc3OC)C2c2ccc(N(C)C)cc2Cl)c(OC)c1. The predicted octanol–water partition coefficient (Wildman–Crippen LogP) is 5.85. The van der Waals surface area contributed by atoms with Gasteiger partial charge in [0.15, 0.2) is 0 Å². The summed E-state index contributed by atoms with van der Waals surface area (Å²) in [6, 6.07) is 18.3. The molecule has 1 saturated heterocycles. The van der Waals surface area contributed by atoms with E-state index in [2.05, 4.69) is 39.0 Å². The number of halogens is 1. The van der Waals surface area contributed by atoms with E-state index in [0.29, 0.717) is 13.1 Å². The summed E-state index contributed by atoms with van der Waals surface area (Å²) in [7, 11) is 10.8. The molecule has 0 N–H and O–H groups in total. The monoisotopic (exact) mass is 539 g/mol. The third-order valence-corrected chi connectivity index (χ3v) is 7.42. The van der Waals surface area contributed by atoms with Crippen LogP contribution in [-0.4, -0.2) is 65.4 Å². The summed E-state index contributed by atoms with van der Waals surface area (Å²) < 4.78 is 22.3. The molecular weight excluding hydrogens is 502 g/mol. The average Bonchev–Trinajstić information content (AvgIpc) is 2.93. The number of ether oxygens (including phenoxy) is 4. The molecule has 3 aromatic carbocycles. The highest BCUT2D eigenvalue weighted by Crippen LogP contribution is 2.39. The third-order valence-electron chi connectivity index (χ3n) is 7.10. The van der Waals surface area contributed by atoms with Crippen LogP contribution in [0.25, 0.3) is 0 Å². The number of benzene rings is 3. The summed E-state index contributed by atoms with van der Waals surface area (Å²) in [6.45, 7) is 3.28. The van der Waals surface area contributed by atoms with E-state index < -0.39 is 0 Å². The van der Waals surface area contributed by atoms with Crippen molar-refractivity contribution in [2.24, 2.45) is 0 Å². The first-order valence-corrected chi connectivity index (χ1v) is 13.1. The maximum absolute atomic E-state index is 6.98. The van der Waals surface area contributed by atoms with Crippen molar-refractivity contribution in [3.63, 3.8) is 0 Å². The van der Waals surface area contributed by atoms with E-state index in [1.807, 2.05) is 44.4 Å². The van der Waals surface area contributed by atoms with Gasteiger partial charge in [0, 0.05) is 79.8 Å². The smallest absolute Gasteiger partial charge is 0.127 e. The van der Waals surface area contributed by atoms with Crippen LogP contribution in [0.1, 0.15) is 29.3 Å². The van der Waals surface area contributed by atoms with E-state index in [1.54, 1.807) is 28.4 Å². The highest BCUT2D eigenvalue weighted by Gasteiger charge is 2.33. The Bertz CT molecular complexity index is 1170. The lowest BCUT2D eigenvalue weighted by molar-refractivity contribution is -0.00972. The standard InChI is InChI=1S/C30H38ClN3O4/c1-32(2)23-10-13-26(27(31)16-23)30-33(19-21-8-11-24(35-3)17-28(21)37-5)14-7-15-34(30)20-22-9-12-25(36-4)18-29(22)38-6/h8-13,16-18,30H,7,14-15,19-20H2,1-6H3. The molecule has 0 saturated carbocycles. The fraction of sp³-hybridized carbons (Fsp3) is 0.400. The van der Waals surface area contributed by atoms with Gasteiger partial charge in [-0.25, -0.2) is 0 Å². The molecule has 3 aromatic rings. The first-order valence-electron chi connectivity index (χ1n) is 12.7. The maximum Gasteiger partial charge on any atom is 0.127 e. The molecule has 0 unspecified atom stereocenters. The number of nitrogens with zero attached hydrogens (tertiary/aromatic N) is 3. The molecule has 0 bridgehead atoms. The van der Waals surface area contributed by atoms with Gasteiger partial charge in [0.1, 0.15) is 23.0 Å². The number of rotatable bonds is 10. The summed E-state index contributed by atoms with van der Waals surface area (Å²) in [5, 5.41) is 0.751. The average molecular weight is 540 g/mol. The van der Waals surface area contributed by atoms with E-state index >= 15 is 0 Å². The van der Waals surface area contributed by atoms with Crippen LogP contribution in [0.2, 0.25) is 5.02 Å². The first-order chi connectivity index (χ1) is 18.4. The molecule has 0 aromatic heterocycles. The summed E-state index contributed by atoms with van der Waals surface area (Å²) >= 11 is 6.98. The van der Waals surface area contributed by atoms with Crippen molar-refractivity contribution in [1.82, 2.24) is 9.80 Å². The van der Waals surface area contributed by atoms with Gasteiger partial charge in [-0.05, 0) is 30.7 Å². The van der Waals surface area contributed by atoms with E-state index in [9.17, 15) is 0 Å². The molecular formula is C30H38ClN3O4. The molecule has 4 rings (SSSR count). The van der Waals surface area contributed by atoms with E-state index in [0.717, 1.165) is 69.9 Å². The molecule has 0 aliphatic carbocycles. The minimum atomic E-state index is -0.0360. The number of hydrogen-bond acceptors (Lipinski definition) is 7. The highest BCUT2D eigenvalue weighted by atomic mass is 35.5. The van der Waals surface area contributed by atoms with Crippen molar-refractivity contribution >= 4 is 17.3 Å². The van der Waals surface area contributed by atoms with Crippen LogP contribution < -0.4 is 23.8 Å². The Morgan fingerprint density at radius 3 is 1.68 bits per heavy atom. The summed E-state index contributed by atoms with van der Waals surface area (Å²) in [5.74, 6) is 3.17. The Kier molecular flexibility index (Phi) is 9.26. The Morgan fingerprint density at radius 1 is 0.737 bits per heavy atom. The lowest BCUT2D eigenvalue weighted by Crippen LogP contribution is -2.47. The van der Waals surface area contributed by atoms with Crippen LogP contribution >= 0.6 is 11.6 Å². The first kappa shape index (κ1) is 27.9. The quantitative estimate of drug-likeness (QED) is 0.320. The summed E-state index contributed by atoms with van der Waals surface area (Å²) in [5.41, 5.74) is 4.35. The largest absolute Gasteiger partial charge is 0.497 e. The Hall–Kier alpha value is -3.13. The van der Waals surface area contributed by atoms with Gasteiger partial charge in [-0.3, -0.25) is 9.80 Å². The number of hydrogen-bond donors (Lipinski definition) is 0. The van der Waals surface area contributed by atoms with Crippen molar-refractivity contribution in [2.45, 2.75) is 25.7 Å². The predicted molar refractivity (Wildman–Crippen MR) is 153 cm³/mol. The van der Waals surface area contributed by atoms with E-state index in [1.165, 1.54) is 0 Å². The molecule has 204 valence electrons. The molecule has 0 radical (unpaired) electrons. The maximum atomic E-state index is 6.98. The lowest BCUT2D eigenvalue weighted by Gasteiger charge is -2.45. The van der Waals surface area contributed by atoms with Gasteiger partial charge in [-0.15, -0.1) is 0 Å². The molecule has 1 aliphatic rings. The molecule has 1 heterocycles. The van der Waals surface area contributed by atoms with Gasteiger partial charge in [-0.1, -0.05) is 29.8 Å². The zero-order valence-electron chi connectivity index (χ0n) is 23.2. The Labute approximate surface area is 231 Å². The van der Waals surface area contributed by atoms with Crippen molar-refractivity contribution < 1.29 is 18.9 Å². The van der Waals surface area contributed by atoms with Crippen LogP contribution in [-0.2, 0) is 13.1 Å². The van der Waals surface area contributed by atoms with E-state index in [4.69, 9.17) is 30.5 Å². The third kappa shape index (κ3) is 6.12. The zero-order valence-corrected chi connectivity index (χ0v) is 23.9. The second-order valence-electron chi connectivity index (χ2n) is 9.62. The normalized spacial score (nSPS) is 14.8. The lowest BCUT2D eigenvalue weighted by atomic mass is 10.0. The van der Waals surface area contributed by atoms with Gasteiger partial charge < -0.3 is 23.8 Å². The van der Waals surface area contributed by atoms with Gasteiger partial charge in [0.2, 0.25) is 0 Å².